The molecule has 0 spiro atoms. The van der Waals surface area contributed by atoms with Crippen LogP contribution < -0.4 is 16.4 Å². The quantitative estimate of drug-likeness (QED) is 0.701. The molecule has 0 aliphatic heterocycles. The van der Waals surface area contributed by atoms with Crippen LogP contribution in [0.4, 0.5) is 17.1 Å². The Labute approximate surface area is 115 Å². The SMILES string of the molecule is Cc1cccc(N)c1N(C)c1ccc2oc(=O)[nH]c2c1. The van der Waals surface area contributed by atoms with Crippen LogP contribution in [0.3, 0.4) is 0 Å². The molecule has 3 N–H and O–H groups in total. The van der Waals surface area contributed by atoms with Crippen molar-refractivity contribution < 1.29 is 4.42 Å². The maximum absolute atomic E-state index is 11.2. The number of oxazole rings is 1. The minimum absolute atomic E-state index is 0.449. The third kappa shape index (κ3) is 1.93. The standard InChI is InChI=1S/C15H15N3O2/c1-9-4-3-5-11(16)14(9)18(2)10-6-7-13-12(8-10)17-15(19)20-13/h3-8H,16H2,1-2H3,(H,17,19). The summed E-state index contributed by atoms with van der Waals surface area (Å²) in [7, 11) is 1.94. The molecule has 0 fully saturated rings. The highest BCUT2D eigenvalue weighted by molar-refractivity contribution is 5.83. The highest BCUT2D eigenvalue weighted by atomic mass is 16.4. The van der Waals surface area contributed by atoms with Gasteiger partial charge in [-0.2, -0.15) is 0 Å². The van der Waals surface area contributed by atoms with E-state index in [-0.39, 0.29) is 0 Å². The van der Waals surface area contributed by atoms with Crippen LogP contribution in [0.25, 0.3) is 11.1 Å². The summed E-state index contributed by atoms with van der Waals surface area (Å²) in [6.45, 7) is 2.01. The molecule has 0 aliphatic rings. The lowest BCUT2D eigenvalue weighted by molar-refractivity contribution is 0.555. The predicted molar refractivity (Wildman–Crippen MR) is 80.5 cm³/mol. The number of nitrogen functional groups attached to an aromatic ring is 1. The summed E-state index contributed by atoms with van der Waals surface area (Å²) in [5.41, 5.74) is 11.0. The van der Waals surface area contributed by atoms with E-state index >= 15 is 0 Å². The van der Waals surface area contributed by atoms with Crippen molar-refractivity contribution in [1.29, 1.82) is 0 Å². The molecule has 5 nitrogen and oxygen atoms in total. The minimum Gasteiger partial charge on any atom is -0.408 e. The number of nitrogens with zero attached hydrogens (tertiary/aromatic N) is 1. The third-order valence-electron chi connectivity index (χ3n) is 3.39. The summed E-state index contributed by atoms with van der Waals surface area (Å²) in [5, 5.41) is 0. The number of anilines is 3. The Morgan fingerprint density at radius 1 is 1.25 bits per heavy atom. The summed E-state index contributed by atoms with van der Waals surface area (Å²) in [6, 6.07) is 11.3. The number of benzene rings is 2. The van der Waals surface area contributed by atoms with Crippen LogP contribution in [-0.4, -0.2) is 12.0 Å². The van der Waals surface area contributed by atoms with Gasteiger partial charge in [0.25, 0.3) is 0 Å². The summed E-state index contributed by atoms with van der Waals surface area (Å²) >= 11 is 0. The van der Waals surface area contributed by atoms with E-state index in [1.807, 2.05) is 49.2 Å². The zero-order valence-corrected chi connectivity index (χ0v) is 11.3. The fourth-order valence-corrected chi connectivity index (χ4v) is 2.42. The number of H-pyrrole nitrogens is 1. The molecule has 0 unspecified atom stereocenters. The minimum atomic E-state index is -0.449. The van der Waals surface area contributed by atoms with Crippen LogP contribution in [-0.2, 0) is 0 Å². The van der Waals surface area contributed by atoms with Crippen molar-refractivity contribution in [3.05, 3.63) is 52.5 Å². The van der Waals surface area contributed by atoms with Crippen LogP contribution in [0.1, 0.15) is 5.56 Å². The fourth-order valence-electron chi connectivity index (χ4n) is 2.42. The molecule has 1 aromatic heterocycles. The second kappa shape index (κ2) is 4.45. The Hall–Kier alpha value is -2.69. The molecule has 3 aromatic rings. The number of aromatic nitrogens is 1. The average Bonchev–Trinajstić information content (AvgIpc) is 2.77. The molecule has 1 heterocycles. The zero-order chi connectivity index (χ0) is 14.3. The molecule has 102 valence electrons. The summed E-state index contributed by atoms with van der Waals surface area (Å²) in [6.07, 6.45) is 0. The Morgan fingerprint density at radius 2 is 2.05 bits per heavy atom. The van der Waals surface area contributed by atoms with Gasteiger partial charge in [-0.3, -0.25) is 4.98 Å². The molecule has 0 amide bonds. The number of aryl methyl sites for hydroxylation is 1. The van der Waals surface area contributed by atoms with Gasteiger partial charge in [0.1, 0.15) is 0 Å². The lowest BCUT2D eigenvalue weighted by atomic mass is 10.1. The second-order valence-electron chi connectivity index (χ2n) is 4.77. The first-order valence-electron chi connectivity index (χ1n) is 6.28. The van der Waals surface area contributed by atoms with Gasteiger partial charge >= 0.3 is 5.76 Å². The topological polar surface area (TPSA) is 75.3 Å². The summed E-state index contributed by atoms with van der Waals surface area (Å²) < 4.78 is 5.00. The molecule has 20 heavy (non-hydrogen) atoms. The van der Waals surface area contributed by atoms with E-state index in [1.54, 1.807) is 6.07 Å². The van der Waals surface area contributed by atoms with Gasteiger partial charge in [-0.25, -0.2) is 4.79 Å². The Kier molecular flexibility index (Phi) is 2.75. The van der Waals surface area contributed by atoms with Gasteiger partial charge in [-0.15, -0.1) is 0 Å². The van der Waals surface area contributed by atoms with E-state index in [4.69, 9.17) is 10.2 Å². The van der Waals surface area contributed by atoms with Crippen molar-refractivity contribution in [2.45, 2.75) is 6.92 Å². The molecule has 0 radical (unpaired) electrons. The van der Waals surface area contributed by atoms with E-state index in [0.717, 1.165) is 16.9 Å². The Balaban J connectivity index is 2.12. The van der Waals surface area contributed by atoms with Crippen molar-refractivity contribution in [2.24, 2.45) is 0 Å². The van der Waals surface area contributed by atoms with E-state index < -0.39 is 5.76 Å². The smallest absolute Gasteiger partial charge is 0.408 e. The first-order chi connectivity index (χ1) is 9.56. The van der Waals surface area contributed by atoms with Gasteiger partial charge in [0, 0.05) is 12.7 Å². The monoisotopic (exact) mass is 269 g/mol. The van der Waals surface area contributed by atoms with E-state index in [9.17, 15) is 4.79 Å². The van der Waals surface area contributed by atoms with Gasteiger partial charge in [0.05, 0.1) is 16.9 Å². The number of rotatable bonds is 2. The molecule has 0 aliphatic carbocycles. The molecule has 5 heteroatoms. The molecular weight excluding hydrogens is 254 g/mol. The average molecular weight is 269 g/mol. The molecule has 0 bridgehead atoms. The first-order valence-corrected chi connectivity index (χ1v) is 6.28. The van der Waals surface area contributed by atoms with Gasteiger partial charge in [-0.1, -0.05) is 12.1 Å². The number of nitrogens with two attached hydrogens (primary N) is 1. The van der Waals surface area contributed by atoms with Crippen LogP contribution in [0, 0.1) is 6.92 Å². The lowest BCUT2D eigenvalue weighted by Gasteiger charge is -2.23. The fraction of sp³-hybridized carbons (Fsp3) is 0.133. The van der Waals surface area contributed by atoms with Crippen molar-refractivity contribution in [3.8, 4) is 0 Å². The van der Waals surface area contributed by atoms with Gasteiger partial charge in [0.15, 0.2) is 5.58 Å². The predicted octanol–water partition coefficient (Wildman–Crippen LogP) is 2.78. The van der Waals surface area contributed by atoms with Gasteiger partial charge in [-0.05, 0) is 36.8 Å². The van der Waals surface area contributed by atoms with E-state index in [2.05, 4.69) is 4.98 Å². The Bertz CT molecular complexity index is 812. The summed E-state index contributed by atoms with van der Waals surface area (Å²) in [4.78, 5) is 15.8. The van der Waals surface area contributed by atoms with Crippen LogP contribution >= 0.6 is 0 Å². The zero-order valence-electron chi connectivity index (χ0n) is 11.3. The first kappa shape index (κ1) is 12.3. The molecule has 3 rings (SSSR count). The normalized spacial score (nSPS) is 10.9. The molecular formula is C15H15N3O2. The van der Waals surface area contributed by atoms with Crippen molar-refractivity contribution >= 4 is 28.2 Å². The lowest BCUT2D eigenvalue weighted by Crippen LogP contribution is -2.13. The highest BCUT2D eigenvalue weighted by Crippen LogP contribution is 2.32. The number of hydrogen-bond acceptors (Lipinski definition) is 4. The highest BCUT2D eigenvalue weighted by Gasteiger charge is 2.11. The van der Waals surface area contributed by atoms with Crippen molar-refractivity contribution in [3.63, 3.8) is 0 Å². The van der Waals surface area contributed by atoms with Crippen LogP contribution in [0.2, 0.25) is 0 Å². The molecule has 0 atom stereocenters. The number of nitrogens with one attached hydrogen (secondary N) is 1. The van der Waals surface area contributed by atoms with Crippen LogP contribution in [0.15, 0.2) is 45.6 Å². The Morgan fingerprint density at radius 3 is 2.80 bits per heavy atom. The largest absolute Gasteiger partial charge is 0.417 e. The van der Waals surface area contributed by atoms with Gasteiger partial charge in [0.2, 0.25) is 0 Å². The van der Waals surface area contributed by atoms with Gasteiger partial charge < -0.3 is 15.1 Å². The maximum Gasteiger partial charge on any atom is 0.417 e. The number of fused-ring (bicyclic) bond motifs is 1. The molecule has 2 aromatic carbocycles. The third-order valence-corrected chi connectivity index (χ3v) is 3.39. The maximum atomic E-state index is 11.2. The van der Waals surface area contributed by atoms with E-state index in [0.29, 0.717) is 16.8 Å². The van der Waals surface area contributed by atoms with Crippen molar-refractivity contribution in [2.75, 3.05) is 17.7 Å². The summed E-state index contributed by atoms with van der Waals surface area (Å²) in [5.74, 6) is -0.449. The molecule has 0 saturated heterocycles. The van der Waals surface area contributed by atoms with E-state index in [1.165, 1.54) is 0 Å². The van der Waals surface area contributed by atoms with Crippen LogP contribution in [0.5, 0.6) is 0 Å². The molecule has 0 saturated carbocycles. The second-order valence-corrected chi connectivity index (χ2v) is 4.77. The number of para-hydroxylation sites is 1. The number of hydrogen-bond donors (Lipinski definition) is 2. The number of aromatic amines is 1. The van der Waals surface area contributed by atoms with Crippen molar-refractivity contribution in [1.82, 2.24) is 4.98 Å².